The Labute approximate surface area is 181 Å². The van der Waals surface area contributed by atoms with E-state index in [0.717, 1.165) is 32.4 Å². The summed E-state index contributed by atoms with van der Waals surface area (Å²) in [6.45, 7) is 1.74. The van der Waals surface area contributed by atoms with Crippen LogP contribution in [0, 0.1) is 0 Å². The molecule has 2 N–H and O–H groups in total. The number of rotatable bonds is 6. The topological polar surface area (TPSA) is 110 Å². The lowest BCUT2D eigenvalue weighted by molar-refractivity contribution is 0.0896. The van der Waals surface area contributed by atoms with E-state index in [4.69, 9.17) is 14.2 Å². The molecule has 2 atom stereocenters. The molecule has 2 aliphatic rings. The van der Waals surface area contributed by atoms with Crippen molar-refractivity contribution in [3.05, 3.63) is 17.8 Å². The fourth-order valence-corrected chi connectivity index (χ4v) is 6.63. The van der Waals surface area contributed by atoms with Gasteiger partial charge in [0.2, 0.25) is 0 Å². The fraction of sp³-hybridized carbons (Fsp3) is 0.571. The zero-order chi connectivity index (χ0) is 22.2. The zero-order valence-corrected chi connectivity index (χ0v) is 18.9. The Morgan fingerprint density at radius 2 is 1.74 bits per heavy atom. The van der Waals surface area contributed by atoms with Crippen LogP contribution in [0.5, 0.6) is 17.2 Å². The molecular weight excluding hydrogens is 422 g/mol. The van der Waals surface area contributed by atoms with Crippen LogP contribution in [-0.2, 0) is 9.84 Å². The standard InChI is InChI=1S/C21H29N3O6S/c1-28-17-10-18(29-2)20(30-3)19-13(17)9-14(22-19)21(25)23-15-11-31(26,27)12-16(15)24-7-5-4-6-8-24/h9-10,15-16,22H,4-8,11-12H2,1-3H3,(H,23,25). The molecule has 0 aliphatic carbocycles. The van der Waals surface area contributed by atoms with Crippen molar-refractivity contribution in [1.82, 2.24) is 15.2 Å². The monoisotopic (exact) mass is 451 g/mol. The summed E-state index contributed by atoms with van der Waals surface area (Å²) < 4.78 is 41.0. The first-order chi connectivity index (χ1) is 14.9. The Morgan fingerprint density at radius 1 is 1.03 bits per heavy atom. The molecule has 9 nitrogen and oxygen atoms in total. The highest BCUT2D eigenvalue weighted by atomic mass is 32.2. The van der Waals surface area contributed by atoms with Crippen molar-refractivity contribution in [3.8, 4) is 17.2 Å². The van der Waals surface area contributed by atoms with E-state index >= 15 is 0 Å². The van der Waals surface area contributed by atoms with Gasteiger partial charge in [-0.2, -0.15) is 0 Å². The first-order valence-corrected chi connectivity index (χ1v) is 12.3. The van der Waals surface area contributed by atoms with Gasteiger partial charge in [-0.1, -0.05) is 6.42 Å². The van der Waals surface area contributed by atoms with Crippen LogP contribution >= 0.6 is 0 Å². The lowest BCUT2D eigenvalue weighted by Crippen LogP contribution is -2.52. The molecule has 1 aromatic heterocycles. The van der Waals surface area contributed by atoms with E-state index < -0.39 is 15.9 Å². The van der Waals surface area contributed by atoms with Gasteiger partial charge < -0.3 is 24.5 Å². The number of aromatic nitrogens is 1. The van der Waals surface area contributed by atoms with Gasteiger partial charge in [0.15, 0.2) is 21.3 Å². The predicted molar refractivity (Wildman–Crippen MR) is 117 cm³/mol. The molecule has 2 aliphatic heterocycles. The zero-order valence-electron chi connectivity index (χ0n) is 18.1. The average molecular weight is 452 g/mol. The maximum atomic E-state index is 13.1. The van der Waals surface area contributed by atoms with Crippen molar-refractivity contribution in [2.45, 2.75) is 31.3 Å². The highest BCUT2D eigenvalue weighted by Crippen LogP contribution is 2.41. The first kappa shape index (κ1) is 21.8. The summed E-state index contributed by atoms with van der Waals surface area (Å²) in [4.78, 5) is 18.4. The second-order valence-electron chi connectivity index (χ2n) is 8.11. The molecule has 0 bridgehead atoms. The molecule has 31 heavy (non-hydrogen) atoms. The number of likely N-dealkylation sites (tertiary alicyclic amines) is 1. The van der Waals surface area contributed by atoms with E-state index in [1.807, 2.05) is 0 Å². The number of fused-ring (bicyclic) bond motifs is 1. The molecule has 3 heterocycles. The quantitative estimate of drug-likeness (QED) is 0.686. The second-order valence-corrected chi connectivity index (χ2v) is 10.3. The van der Waals surface area contributed by atoms with Crippen LogP contribution < -0.4 is 19.5 Å². The number of H-pyrrole nitrogens is 1. The van der Waals surface area contributed by atoms with Crippen molar-refractivity contribution in [3.63, 3.8) is 0 Å². The molecule has 10 heteroatoms. The third-order valence-corrected chi connectivity index (χ3v) is 7.90. The molecule has 1 aromatic carbocycles. The highest BCUT2D eigenvalue weighted by Gasteiger charge is 2.42. The maximum absolute atomic E-state index is 13.1. The average Bonchev–Trinajstić information content (AvgIpc) is 3.34. The number of nitrogens with zero attached hydrogens (tertiary/aromatic N) is 1. The van der Waals surface area contributed by atoms with Crippen LogP contribution in [0.4, 0.5) is 0 Å². The molecule has 0 radical (unpaired) electrons. The SMILES string of the molecule is COc1cc(OC)c2cc(C(=O)NC3CS(=O)(=O)CC3N3CCCCC3)[nH]c2c1OC. The molecule has 170 valence electrons. The summed E-state index contributed by atoms with van der Waals surface area (Å²) in [6, 6.07) is 2.75. The van der Waals surface area contributed by atoms with Gasteiger partial charge in [-0.15, -0.1) is 0 Å². The second kappa shape index (κ2) is 8.58. The lowest BCUT2D eigenvalue weighted by atomic mass is 10.0. The molecule has 2 saturated heterocycles. The van der Waals surface area contributed by atoms with Gasteiger partial charge in [-0.05, 0) is 32.0 Å². The number of amides is 1. The molecular formula is C21H29N3O6S. The predicted octanol–water partition coefficient (Wildman–Crippen LogP) is 1.57. The Bertz CT molecular complexity index is 1070. The number of hydrogen-bond donors (Lipinski definition) is 2. The summed E-state index contributed by atoms with van der Waals surface area (Å²) in [7, 11) is 1.40. The molecule has 4 rings (SSSR count). The lowest BCUT2D eigenvalue weighted by Gasteiger charge is -2.34. The fourth-order valence-electron chi connectivity index (χ4n) is 4.68. The van der Waals surface area contributed by atoms with Gasteiger partial charge in [0.1, 0.15) is 11.4 Å². The Hall–Kier alpha value is -2.46. The van der Waals surface area contributed by atoms with Gasteiger partial charge in [-0.3, -0.25) is 9.69 Å². The van der Waals surface area contributed by atoms with Crippen LogP contribution in [-0.4, -0.2) is 82.2 Å². The van der Waals surface area contributed by atoms with Crippen LogP contribution in [0.15, 0.2) is 12.1 Å². The van der Waals surface area contributed by atoms with Crippen LogP contribution in [0.25, 0.3) is 10.9 Å². The Morgan fingerprint density at radius 3 is 2.39 bits per heavy atom. The van der Waals surface area contributed by atoms with Gasteiger partial charge >= 0.3 is 0 Å². The number of aromatic amines is 1. The normalized spacial score (nSPS) is 23.6. The molecule has 2 aromatic rings. The number of sulfone groups is 1. The van der Waals surface area contributed by atoms with E-state index in [1.165, 1.54) is 14.2 Å². The van der Waals surface area contributed by atoms with Crippen LogP contribution in [0.1, 0.15) is 29.8 Å². The number of carbonyl (C=O) groups is 1. The highest BCUT2D eigenvalue weighted by molar-refractivity contribution is 7.91. The molecule has 2 unspecified atom stereocenters. The minimum atomic E-state index is -3.20. The number of hydrogen-bond acceptors (Lipinski definition) is 7. The molecule has 0 spiro atoms. The van der Waals surface area contributed by atoms with E-state index in [1.54, 1.807) is 19.2 Å². The first-order valence-electron chi connectivity index (χ1n) is 10.4. The third kappa shape index (κ3) is 4.18. The van der Waals surface area contributed by atoms with Gasteiger partial charge in [0, 0.05) is 17.5 Å². The summed E-state index contributed by atoms with van der Waals surface area (Å²) in [5, 5.41) is 3.64. The van der Waals surface area contributed by atoms with Gasteiger partial charge in [0.25, 0.3) is 5.91 Å². The van der Waals surface area contributed by atoms with E-state index in [-0.39, 0.29) is 23.5 Å². The van der Waals surface area contributed by atoms with Gasteiger partial charge in [-0.25, -0.2) is 8.42 Å². The largest absolute Gasteiger partial charge is 0.496 e. The Kier molecular flexibility index (Phi) is 6.02. The van der Waals surface area contributed by atoms with Crippen molar-refractivity contribution >= 4 is 26.6 Å². The minimum Gasteiger partial charge on any atom is -0.496 e. The third-order valence-electron chi connectivity index (χ3n) is 6.18. The number of methoxy groups -OCH3 is 3. The minimum absolute atomic E-state index is 0.0411. The van der Waals surface area contributed by atoms with E-state index in [2.05, 4.69) is 15.2 Å². The molecule has 0 saturated carbocycles. The number of nitrogens with one attached hydrogen (secondary N) is 2. The van der Waals surface area contributed by atoms with E-state index in [9.17, 15) is 13.2 Å². The number of ether oxygens (including phenoxy) is 3. The van der Waals surface area contributed by atoms with E-state index in [0.29, 0.717) is 33.8 Å². The van der Waals surface area contributed by atoms with Crippen LogP contribution in [0.2, 0.25) is 0 Å². The van der Waals surface area contributed by atoms with Crippen LogP contribution in [0.3, 0.4) is 0 Å². The number of benzene rings is 1. The van der Waals surface area contributed by atoms with Gasteiger partial charge in [0.05, 0.1) is 44.4 Å². The van der Waals surface area contributed by atoms with Crippen molar-refractivity contribution < 1.29 is 27.4 Å². The molecule has 2 fully saturated rings. The maximum Gasteiger partial charge on any atom is 0.268 e. The van der Waals surface area contributed by atoms with Crippen molar-refractivity contribution in [1.29, 1.82) is 0 Å². The molecule has 1 amide bonds. The van der Waals surface area contributed by atoms with Crippen molar-refractivity contribution in [2.75, 3.05) is 45.9 Å². The number of carbonyl (C=O) groups excluding carboxylic acids is 1. The smallest absolute Gasteiger partial charge is 0.268 e. The summed E-state index contributed by atoms with van der Waals surface area (Å²) in [5.74, 6) is 1.17. The Balaban J connectivity index is 1.63. The summed E-state index contributed by atoms with van der Waals surface area (Å²) >= 11 is 0. The number of piperidine rings is 1. The summed E-state index contributed by atoms with van der Waals surface area (Å²) in [5.41, 5.74) is 0.886. The summed E-state index contributed by atoms with van der Waals surface area (Å²) in [6.07, 6.45) is 3.27. The van der Waals surface area contributed by atoms with Crippen molar-refractivity contribution in [2.24, 2.45) is 0 Å².